The molecule has 6 heteroatoms. The number of carbonyl (C=O) groups excluding carboxylic acids is 1. The summed E-state index contributed by atoms with van der Waals surface area (Å²) in [4.78, 5) is 28.9. The van der Waals surface area contributed by atoms with Crippen molar-refractivity contribution in [3.05, 3.63) is 42.1 Å². The summed E-state index contributed by atoms with van der Waals surface area (Å²) in [5.41, 5.74) is 1.62. The molecule has 1 amide bonds. The Kier molecular flexibility index (Phi) is 3.53. The highest BCUT2D eigenvalue weighted by Crippen LogP contribution is 2.15. The maximum Gasteiger partial charge on any atom is 0.322 e. The van der Waals surface area contributed by atoms with E-state index in [0.717, 1.165) is 16.6 Å². The van der Waals surface area contributed by atoms with Gasteiger partial charge in [-0.15, -0.1) is 0 Å². The highest BCUT2D eigenvalue weighted by atomic mass is 16.4. The smallest absolute Gasteiger partial charge is 0.322 e. The number of aliphatic carboxylic acids is 1. The van der Waals surface area contributed by atoms with Crippen molar-refractivity contribution in [2.24, 2.45) is 0 Å². The van der Waals surface area contributed by atoms with E-state index in [4.69, 9.17) is 0 Å². The number of nitrogens with zero attached hydrogens (tertiary/aromatic N) is 2. The van der Waals surface area contributed by atoms with Crippen molar-refractivity contribution < 1.29 is 14.7 Å². The van der Waals surface area contributed by atoms with Crippen LogP contribution in [-0.4, -0.2) is 46.0 Å². The Bertz CT molecular complexity index is 701. The zero-order valence-electron chi connectivity index (χ0n) is 11.3. The Balaban J connectivity index is 1.85. The fourth-order valence-electron chi connectivity index (χ4n) is 2.50. The Morgan fingerprint density at radius 1 is 1.33 bits per heavy atom. The number of hydrogen-bond acceptors (Lipinski definition) is 4. The van der Waals surface area contributed by atoms with Crippen LogP contribution in [0.4, 0.5) is 0 Å². The summed E-state index contributed by atoms with van der Waals surface area (Å²) in [6.45, 7) is 0.544. The lowest BCUT2D eigenvalue weighted by Crippen LogP contribution is -2.57. The van der Waals surface area contributed by atoms with Crippen LogP contribution in [-0.2, 0) is 16.1 Å². The molecule has 0 bridgehead atoms. The number of nitrogens with one attached hydrogen (secondary N) is 1. The minimum Gasteiger partial charge on any atom is -0.480 e. The number of amides is 1. The van der Waals surface area contributed by atoms with E-state index in [9.17, 15) is 14.7 Å². The largest absolute Gasteiger partial charge is 0.480 e. The second-order valence-corrected chi connectivity index (χ2v) is 5.06. The summed E-state index contributed by atoms with van der Waals surface area (Å²) in [6.07, 6.45) is 0. The van der Waals surface area contributed by atoms with Crippen LogP contribution < -0.4 is 5.32 Å². The lowest BCUT2D eigenvalue weighted by atomic mass is 10.1. The normalized spacial score (nSPS) is 19.4. The molecule has 1 unspecified atom stereocenters. The van der Waals surface area contributed by atoms with E-state index in [0.29, 0.717) is 6.54 Å². The zero-order chi connectivity index (χ0) is 14.8. The third-order valence-corrected chi connectivity index (χ3v) is 3.59. The van der Waals surface area contributed by atoms with Crippen molar-refractivity contribution in [2.75, 3.05) is 13.1 Å². The van der Waals surface area contributed by atoms with Gasteiger partial charge in [0.1, 0.15) is 6.04 Å². The van der Waals surface area contributed by atoms with Crippen molar-refractivity contribution in [1.29, 1.82) is 0 Å². The molecule has 1 aliphatic rings. The Hall–Kier alpha value is -2.47. The van der Waals surface area contributed by atoms with Crippen LogP contribution in [0, 0.1) is 0 Å². The molecule has 0 saturated carbocycles. The van der Waals surface area contributed by atoms with Crippen LogP contribution in [0.15, 0.2) is 36.4 Å². The number of aromatic nitrogens is 1. The van der Waals surface area contributed by atoms with Crippen LogP contribution in [0.3, 0.4) is 0 Å². The summed E-state index contributed by atoms with van der Waals surface area (Å²) in [6, 6.07) is 10.9. The lowest BCUT2D eigenvalue weighted by molar-refractivity contribution is -0.146. The molecule has 1 aromatic heterocycles. The molecule has 1 aromatic carbocycles. The fourth-order valence-corrected chi connectivity index (χ4v) is 2.50. The summed E-state index contributed by atoms with van der Waals surface area (Å²) in [5.74, 6) is -1.09. The van der Waals surface area contributed by atoms with Crippen LogP contribution in [0.25, 0.3) is 10.9 Å². The molecule has 0 radical (unpaired) electrons. The molecule has 21 heavy (non-hydrogen) atoms. The molecule has 3 rings (SSSR count). The van der Waals surface area contributed by atoms with Crippen molar-refractivity contribution in [1.82, 2.24) is 15.2 Å². The molecule has 0 aliphatic carbocycles. The number of carboxylic acids is 1. The first-order chi connectivity index (χ1) is 10.1. The zero-order valence-corrected chi connectivity index (χ0v) is 11.3. The number of para-hydroxylation sites is 1. The molecule has 1 atom stereocenters. The van der Waals surface area contributed by atoms with Gasteiger partial charge in [-0.25, -0.2) is 0 Å². The Morgan fingerprint density at radius 2 is 2.14 bits per heavy atom. The quantitative estimate of drug-likeness (QED) is 0.864. The predicted octanol–water partition coefficient (Wildman–Crippen LogP) is 0.620. The fraction of sp³-hybridized carbons (Fsp3) is 0.267. The molecule has 2 N–H and O–H groups in total. The molecule has 2 aromatic rings. The van der Waals surface area contributed by atoms with E-state index in [1.54, 1.807) is 4.90 Å². The van der Waals surface area contributed by atoms with Gasteiger partial charge in [-0.05, 0) is 12.1 Å². The first-order valence-corrected chi connectivity index (χ1v) is 6.72. The molecular formula is C15H15N3O3. The highest BCUT2D eigenvalue weighted by molar-refractivity contribution is 5.83. The monoisotopic (exact) mass is 285 g/mol. The maximum absolute atomic E-state index is 11.5. The van der Waals surface area contributed by atoms with Gasteiger partial charge in [0.2, 0.25) is 5.91 Å². The third-order valence-electron chi connectivity index (χ3n) is 3.59. The topological polar surface area (TPSA) is 82.5 Å². The number of carboxylic acid groups (broad SMARTS) is 1. The first kappa shape index (κ1) is 13.5. The van der Waals surface area contributed by atoms with Crippen LogP contribution in [0.1, 0.15) is 5.69 Å². The second kappa shape index (κ2) is 5.49. The minimum atomic E-state index is -0.934. The van der Waals surface area contributed by atoms with Crippen LogP contribution >= 0.6 is 0 Å². The Labute approximate surface area is 121 Å². The number of hydrogen-bond donors (Lipinski definition) is 2. The second-order valence-electron chi connectivity index (χ2n) is 5.06. The van der Waals surface area contributed by atoms with Gasteiger partial charge >= 0.3 is 5.97 Å². The minimum absolute atomic E-state index is 0.0749. The number of carbonyl (C=O) groups is 2. The van der Waals surface area contributed by atoms with Gasteiger partial charge in [0.15, 0.2) is 0 Å². The number of benzene rings is 1. The van der Waals surface area contributed by atoms with E-state index >= 15 is 0 Å². The Morgan fingerprint density at radius 3 is 2.95 bits per heavy atom. The van der Waals surface area contributed by atoms with Gasteiger partial charge in [0.25, 0.3) is 0 Å². The molecule has 2 heterocycles. The van der Waals surface area contributed by atoms with E-state index in [1.165, 1.54) is 0 Å². The SMILES string of the molecule is O=C1CN(Cc2ccc3ccccc3n2)C(C(=O)O)CN1. The number of rotatable bonds is 3. The first-order valence-electron chi connectivity index (χ1n) is 6.72. The predicted molar refractivity (Wildman–Crippen MR) is 76.6 cm³/mol. The molecule has 1 fully saturated rings. The number of fused-ring (bicyclic) bond motifs is 1. The van der Waals surface area contributed by atoms with E-state index < -0.39 is 12.0 Å². The summed E-state index contributed by atoms with van der Waals surface area (Å²) in [7, 11) is 0. The van der Waals surface area contributed by atoms with E-state index in [1.807, 2.05) is 36.4 Å². The summed E-state index contributed by atoms with van der Waals surface area (Å²) >= 11 is 0. The van der Waals surface area contributed by atoms with Crippen LogP contribution in [0.2, 0.25) is 0 Å². The summed E-state index contributed by atoms with van der Waals surface area (Å²) < 4.78 is 0. The molecule has 1 saturated heterocycles. The average Bonchev–Trinajstić information content (AvgIpc) is 2.47. The number of piperazine rings is 1. The lowest BCUT2D eigenvalue weighted by Gasteiger charge is -2.32. The third kappa shape index (κ3) is 2.85. The summed E-state index contributed by atoms with van der Waals surface area (Å²) in [5, 5.41) is 12.8. The molecular weight excluding hydrogens is 270 g/mol. The van der Waals surface area contributed by atoms with Crippen molar-refractivity contribution in [3.8, 4) is 0 Å². The van der Waals surface area contributed by atoms with Crippen molar-refractivity contribution in [3.63, 3.8) is 0 Å². The molecule has 6 nitrogen and oxygen atoms in total. The van der Waals surface area contributed by atoms with E-state index in [-0.39, 0.29) is 19.0 Å². The van der Waals surface area contributed by atoms with Gasteiger partial charge < -0.3 is 10.4 Å². The highest BCUT2D eigenvalue weighted by Gasteiger charge is 2.31. The average molecular weight is 285 g/mol. The van der Waals surface area contributed by atoms with Crippen molar-refractivity contribution in [2.45, 2.75) is 12.6 Å². The van der Waals surface area contributed by atoms with Gasteiger partial charge in [-0.1, -0.05) is 24.3 Å². The standard InChI is InChI=1S/C15H15N3O3/c19-14-9-18(13(7-16-14)15(20)21)8-11-6-5-10-3-1-2-4-12(10)17-11/h1-6,13H,7-9H2,(H,16,19)(H,20,21). The number of pyridine rings is 1. The van der Waals surface area contributed by atoms with Crippen molar-refractivity contribution >= 4 is 22.8 Å². The van der Waals surface area contributed by atoms with Gasteiger partial charge in [-0.2, -0.15) is 0 Å². The van der Waals surface area contributed by atoms with Crippen LogP contribution in [0.5, 0.6) is 0 Å². The molecule has 0 spiro atoms. The van der Waals surface area contributed by atoms with E-state index in [2.05, 4.69) is 10.3 Å². The molecule has 108 valence electrons. The maximum atomic E-state index is 11.5. The molecule has 1 aliphatic heterocycles. The van der Waals surface area contributed by atoms with Gasteiger partial charge in [0.05, 0.1) is 17.8 Å². The van der Waals surface area contributed by atoms with Gasteiger partial charge in [-0.3, -0.25) is 19.5 Å². The van der Waals surface area contributed by atoms with Gasteiger partial charge in [0, 0.05) is 18.5 Å².